The van der Waals surface area contributed by atoms with Gasteiger partial charge in [0.25, 0.3) is 0 Å². The van der Waals surface area contributed by atoms with Crippen molar-refractivity contribution in [1.82, 2.24) is 0 Å². The number of rotatable bonds is 4. The highest BCUT2D eigenvalue weighted by Crippen LogP contribution is 2.72. The summed E-state index contributed by atoms with van der Waals surface area (Å²) in [6, 6.07) is 8.10. The number of benzene rings is 1. The molecule has 2 heteroatoms. The molecule has 3 atom stereocenters. The van der Waals surface area contributed by atoms with Crippen molar-refractivity contribution in [2.24, 2.45) is 16.7 Å². The van der Waals surface area contributed by atoms with Crippen molar-refractivity contribution in [3.63, 3.8) is 0 Å². The van der Waals surface area contributed by atoms with Gasteiger partial charge in [0.15, 0.2) is 0 Å². The lowest BCUT2D eigenvalue weighted by atomic mass is 9.57. The predicted molar refractivity (Wildman–Crippen MR) is 85.4 cm³/mol. The number of hydrogen-bond donors (Lipinski definition) is 1. The van der Waals surface area contributed by atoms with Crippen molar-refractivity contribution in [2.75, 3.05) is 6.61 Å². The van der Waals surface area contributed by atoms with Crippen molar-refractivity contribution in [2.45, 2.75) is 59.0 Å². The van der Waals surface area contributed by atoms with E-state index in [1.54, 1.807) is 0 Å². The molecule has 2 aliphatic rings. The van der Waals surface area contributed by atoms with Gasteiger partial charge in [-0.05, 0) is 37.7 Å². The molecule has 0 saturated heterocycles. The maximum absolute atomic E-state index is 11.8. The van der Waals surface area contributed by atoms with Crippen LogP contribution in [0, 0.1) is 16.7 Å². The predicted octanol–water partition coefficient (Wildman–Crippen LogP) is 4.51. The average molecular weight is 288 g/mol. The molecule has 0 aliphatic heterocycles. The molecule has 2 fully saturated rings. The smallest absolute Gasteiger partial charge is 0.125 e. The van der Waals surface area contributed by atoms with Crippen LogP contribution >= 0.6 is 0 Å². The van der Waals surface area contributed by atoms with E-state index in [9.17, 15) is 5.11 Å². The van der Waals surface area contributed by atoms with E-state index in [-0.39, 0.29) is 10.8 Å². The third kappa shape index (κ3) is 1.81. The van der Waals surface area contributed by atoms with Gasteiger partial charge in [-0.2, -0.15) is 0 Å². The molecule has 3 rings (SSSR count). The van der Waals surface area contributed by atoms with E-state index in [1.165, 1.54) is 6.42 Å². The number of ether oxygens (including phenoxy) is 1. The first-order valence-corrected chi connectivity index (χ1v) is 8.31. The zero-order chi connectivity index (χ0) is 15.3. The van der Waals surface area contributed by atoms with E-state index >= 15 is 0 Å². The van der Waals surface area contributed by atoms with Crippen LogP contribution in [0.1, 0.15) is 58.9 Å². The first-order valence-electron chi connectivity index (χ1n) is 8.31. The van der Waals surface area contributed by atoms with Gasteiger partial charge < -0.3 is 9.84 Å². The molecule has 1 aromatic carbocycles. The highest BCUT2D eigenvalue weighted by molar-refractivity contribution is 5.43. The third-order valence-electron chi connectivity index (χ3n) is 6.31. The van der Waals surface area contributed by atoms with Gasteiger partial charge in [-0.1, -0.05) is 45.9 Å². The van der Waals surface area contributed by atoms with Gasteiger partial charge in [0.05, 0.1) is 6.61 Å². The maximum Gasteiger partial charge on any atom is 0.125 e. The molecule has 116 valence electrons. The van der Waals surface area contributed by atoms with Crippen LogP contribution < -0.4 is 4.74 Å². The average Bonchev–Trinajstić information content (AvgIpc) is 2.93. The molecule has 0 spiro atoms. The monoisotopic (exact) mass is 288 g/mol. The fraction of sp³-hybridized carbons (Fsp3) is 0.684. The van der Waals surface area contributed by atoms with Gasteiger partial charge in [-0.3, -0.25) is 0 Å². The molecular weight excluding hydrogens is 260 g/mol. The largest absolute Gasteiger partial charge is 0.493 e. The molecule has 2 nitrogen and oxygen atoms in total. The number of aliphatic hydroxyl groups is 1. The van der Waals surface area contributed by atoms with Gasteiger partial charge in [0.2, 0.25) is 0 Å². The summed E-state index contributed by atoms with van der Waals surface area (Å²) in [5.74, 6) is 1.47. The lowest BCUT2D eigenvalue weighted by Crippen LogP contribution is -2.51. The van der Waals surface area contributed by atoms with Crippen molar-refractivity contribution >= 4 is 0 Å². The van der Waals surface area contributed by atoms with Crippen LogP contribution in [0.4, 0.5) is 0 Å². The Morgan fingerprint density at radius 2 is 1.95 bits per heavy atom. The molecular formula is C19H28O2. The normalized spacial score (nSPS) is 36.9. The van der Waals surface area contributed by atoms with E-state index in [0.717, 1.165) is 30.6 Å². The number of fused-ring (bicyclic) bond motifs is 2. The van der Waals surface area contributed by atoms with Crippen LogP contribution in [-0.2, 0) is 5.60 Å². The molecule has 1 aromatic rings. The molecule has 21 heavy (non-hydrogen) atoms. The van der Waals surface area contributed by atoms with Crippen molar-refractivity contribution < 1.29 is 9.84 Å². The van der Waals surface area contributed by atoms with Crippen LogP contribution in [0.25, 0.3) is 0 Å². The molecule has 3 unspecified atom stereocenters. The summed E-state index contributed by atoms with van der Waals surface area (Å²) in [4.78, 5) is 0. The highest BCUT2D eigenvalue weighted by atomic mass is 16.5. The Morgan fingerprint density at radius 1 is 1.24 bits per heavy atom. The Labute approximate surface area is 128 Å². The van der Waals surface area contributed by atoms with Crippen LogP contribution in [-0.4, -0.2) is 11.7 Å². The lowest BCUT2D eigenvalue weighted by molar-refractivity contribution is -0.151. The van der Waals surface area contributed by atoms with Crippen molar-refractivity contribution in [3.05, 3.63) is 29.8 Å². The molecule has 2 bridgehead atoms. The zero-order valence-electron chi connectivity index (χ0n) is 13.8. The first-order chi connectivity index (χ1) is 9.87. The minimum atomic E-state index is -0.798. The van der Waals surface area contributed by atoms with Crippen LogP contribution in [0.5, 0.6) is 5.75 Å². The summed E-state index contributed by atoms with van der Waals surface area (Å²) in [5, 5.41) is 11.8. The quantitative estimate of drug-likeness (QED) is 0.883. The highest BCUT2D eigenvalue weighted by Gasteiger charge is 2.69. The fourth-order valence-corrected chi connectivity index (χ4v) is 5.03. The number of hydrogen-bond acceptors (Lipinski definition) is 2. The lowest BCUT2D eigenvalue weighted by Gasteiger charge is -2.51. The summed E-state index contributed by atoms with van der Waals surface area (Å²) in [5.41, 5.74) is 0.0549. The van der Waals surface area contributed by atoms with E-state index < -0.39 is 5.60 Å². The van der Waals surface area contributed by atoms with Gasteiger partial charge in [0.1, 0.15) is 11.4 Å². The van der Waals surface area contributed by atoms with Gasteiger partial charge in [-0.25, -0.2) is 0 Å². The Morgan fingerprint density at radius 3 is 2.57 bits per heavy atom. The SMILES string of the molecule is CCCOc1ccccc1C1(O)C2(C)CCC(C2)C1(C)C. The van der Waals surface area contributed by atoms with Crippen LogP contribution in [0.2, 0.25) is 0 Å². The van der Waals surface area contributed by atoms with Crippen LogP contribution in [0.3, 0.4) is 0 Å². The summed E-state index contributed by atoms with van der Waals surface area (Å²) >= 11 is 0. The first kappa shape index (κ1) is 14.9. The van der Waals surface area contributed by atoms with E-state index in [2.05, 4.69) is 33.8 Å². The zero-order valence-corrected chi connectivity index (χ0v) is 13.8. The van der Waals surface area contributed by atoms with E-state index in [1.807, 2.05) is 18.2 Å². The van der Waals surface area contributed by atoms with Crippen molar-refractivity contribution in [3.8, 4) is 5.75 Å². The van der Waals surface area contributed by atoms with E-state index in [0.29, 0.717) is 12.5 Å². The summed E-state index contributed by atoms with van der Waals surface area (Å²) in [6.45, 7) is 9.55. The molecule has 1 N–H and O–H groups in total. The molecule has 0 heterocycles. The van der Waals surface area contributed by atoms with Gasteiger partial charge in [0, 0.05) is 16.4 Å². The maximum atomic E-state index is 11.8. The van der Waals surface area contributed by atoms with E-state index in [4.69, 9.17) is 4.74 Å². The second kappa shape index (κ2) is 4.74. The molecule has 2 saturated carbocycles. The topological polar surface area (TPSA) is 29.5 Å². The Balaban J connectivity index is 2.10. The summed E-state index contributed by atoms with van der Waals surface area (Å²) in [6.07, 6.45) is 4.46. The Hall–Kier alpha value is -1.02. The van der Waals surface area contributed by atoms with Crippen LogP contribution in [0.15, 0.2) is 24.3 Å². The standard InChI is InChI=1S/C19H28O2/c1-5-12-21-16-9-7-6-8-15(16)19(20)17(2,3)14-10-11-18(19,4)13-14/h6-9,14,20H,5,10-13H2,1-4H3. The summed E-state index contributed by atoms with van der Waals surface area (Å²) in [7, 11) is 0. The summed E-state index contributed by atoms with van der Waals surface area (Å²) < 4.78 is 5.95. The third-order valence-corrected chi connectivity index (χ3v) is 6.31. The second-order valence-electron chi connectivity index (χ2n) is 7.78. The molecule has 0 aromatic heterocycles. The van der Waals surface area contributed by atoms with Crippen molar-refractivity contribution in [1.29, 1.82) is 0 Å². The van der Waals surface area contributed by atoms with Gasteiger partial charge >= 0.3 is 0 Å². The molecule has 2 aliphatic carbocycles. The Bertz CT molecular complexity index is 529. The minimum Gasteiger partial charge on any atom is -0.493 e. The fourth-order valence-electron chi connectivity index (χ4n) is 5.03. The molecule has 0 radical (unpaired) electrons. The van der Waals surface area contributed by atoms with Gasteiger partial charge in [-0.15, -0.1) is 0 Å². The minimum absolute atomic E-state index is 0.0349. The second-order valence-corrected chi connectivity index (χ2v) is 7.78. The molecule has 0 amide bonds. The Kier molecular flexibility index (Phi) is 3.36. The number of para-hydroxylation sites is 1.